The van der Waals surface area contributed by atoms with E-state index in [9.17, 15) is 13.2 Å². The molecular formula is C9H16N2O3S2. The molecule has 2 rings (SSSR count). The summed E-state index contributed by atoms with van der Waals surface area (Å²) in [5, 5.41) is 3.12. The third-order valence-corrected chi connectivity index (χ3v) is 5.70. The Labute approximate surface area is 99.9 Å². The number of nitrogens with one attached hydrogen (secondary N) is 1. The van der Waals surface area contributed by atoms with Crippen molar-refractivity contribution in [3.05, 3.63) is 0 Å². The highest BCUT2D eigenvalue weighted by atomic mass is 32.2. The number of thioether (sulfide) groups is 1. The lowest BCUT2D eigenvalue weighted by Crippen LogP contribution is -2.55. The first-order valence-electron chi connectivity index (χ1n) is 5.31. The minimum absolute atomic E-state index is 0.0485. The first kappa shape index (κ1) is 12.2. The lowest BCUT2D eigenvalue weighted by atomic mass is 10.2. The molecule has 5 nitrogen and oxygen atoms in total. The van der Waals surface area contributed by atoms with Crippen LogP contribution < -0.4 is 5.32 Å². The van der Waals surface area contributed by atoms with Crippen LogP contribution in [0.1, 0.15) is 6.92 Å². The van der Waals surface area contributed by atoms with E-state index in [4.69, 9.17) is 0 Å². The number of carbonyl (C=O) groups excluding carboxylic acids is 1. The van der Waals surface area contributed by atoms with E-state index in [1.807, 2.05) is 0 Å². The zero-order valence-corrected chi connectivity index (χ0v) is 10.8. The molecule has 2 unspecified atom stereocenters. The second-order valence-electron chi connectivity index (χ2n) is 4.27. The van der Waals surface area contributed by atoms with Crippen LogP contribution in [-0.2, 0) is 14.6 Å². The lowest BCUT2D eigenvalue weighted by molar-refractivity contribution is -0.134. The van der Waals surface area contributed by atoms with Crippen LogP contribution in [0.15, 0.2) is 0 Å². The summed E-state index contributed by atoms with van der Waals surface area (Å²) in [6.45, 7) is 2.14. The largest absolute Gasteiger partial charge is 0.337 e. The van der Waals surface area contributed by atoms with Crippen molar-refractivity contribution in [3.63, 3.8) is 0 Å². The maximum atomic E-state index is 12.1. The van der Waals surface area contributed by atoms with Gasteiger partial charge < -0.3 is 4.90 Å². The van der Waals surface area contributed by atoms with E-state index in [-0.39, 0.29) is 29.5 Å². The summed E-state index contributed by atoms with van der Waals surface area (Å²) in [6, 6.07) is -0.327. The molecule has 2 saturated heterocycles. The van der Waals surface area contributed by atoms with Crippen LogP contribution in [0.4, 0.5) is 0 Å². The summed E-state index contributed by atoms with van der Waals surface area (Å²) in [6.07, 6.45) is 0. The SMILES string of the molecule is CC1CS(=O)(=O)CCN1C(=O)C1CSCN1. The molecule has 2 atom stereocenters. The van der Waals surface area contributed by atoms with Crippen molar-refractivity contribution in [1.29, 1.82) is 0 Å². The standard InChI is InChI=1S/C9H16N2O3S2/c1-7-5-16(13,14)3-2-11(7)9(12)8-4-15-6-10-8/h7-8,10H,2-6H2,1H3. The Balaban J connectivity index is 2.02. The molecule has 2 aliphatic rings. The molecule has 0 aliphatic carbocycles. The topological polar surface area (TPSA) is 66.5 Å². The third kappa shape index (κ3) is 2.52. The van der Waals surface area contributed by atoms with Gasteiger partial charge in [0, 0.05) is 24.2 Å². The van der Waals surface area contributed by atoms with Gasteiger partial charge in [-0.25, -0.2) is 8.42 Å². The Morgan fingerprint density at radius 3 is 2.81 bits per heavy atom. The maximum Gasteiger partial charge on any atom is 0.240 e. The summed E-state index contributed by atoms with van der Waals surface area (Å²) in [4.78, 5) is 13.8. The van der Waals surface area contributed by atoms with E-state index >= 15 is 0 Å². The van der Waals surface area contributed by atoms with Gasteiger partial charge in [0.2, 0.25) is 5.91 Å². The molecule has 2 fully saturated rings. The molecule has 0 aromatic rings. The van der Waals surface area contributed by atoms with E-state index in [1.165, 1.54) is 0 Å². The highest BCUT2D eigenvalue weighted by Crippen LogP contribution is 2.17. The average Bonchev–Trinajstić information content (AvgIpc) is 2.68. The molecule has 0 spiro atoms. The second kappa shape index (κ2) is 4.54. The number of amides is 1. The minimum atomic E-state index is -2.94. The maximum absolute atomic E-state index is 12.1. The van der Waals surface area contributed by atoms with E-state index in [0.717, 1.165) is 11.6 Å². The van der Waals surface area contributed by atoms with Crippen molar-refractivity contribution >= 4 is 27.5 Å². The van der Waals surface area contributed by atoms with Gasteiger partial charge in [0.15, 0.2) is 9.84 Å². The van der Waals surface area contributed by atoms with Crippen LogP contribution >= 0.6 is 11.8 Å². The van der Waals surface area contributed by atoms with Gasteiger partial charge in [-0.15, -0.1) is 11.8 Å². The predicted molar refractivity (Wildman–Crippen MR) is 64.1 cm³/mol. The van der Waals surface area contributed by atoms with Crippen molar-refractivity contribution in [1.82, 2.24) is 10.2 Å². The molecule has 1 amide bonds. The van der Waals surface area contributed by atoms with Gasteiger partial charge in [0.25, 0.3) is 0 Å². The highest BCUT2D eigenvalue weighted by Gasteiger charge is 2.35. The predicted octanol–water partition coefficient (Wildman–Crippen LogP) is -0.706. The first-order chi connectivity index (χ1) is 7.49. The Morgan fingerprint density at radius 2 is 2.25 bits per heavy atom. The van der Waals surface area contributed by atoms with Crippen LogP contribution in [0.25, 0.3) is 0 Å². The molecule has 0 saturated carbocycles. The Morgan fingerprint density at radius 1 is 1.50 bits per heavy atom. The molecule has 0 bridgehead atoms. The van der Waals surface area contributed by atoms with Crippen LogP contribution in [-0.4, -0.2) is 61.0 Å². The lowest BCUT2D eigenvalue weighted by Gasteiger charge is -2.34. The molecule has 16 heavy (non-hydrogen) atoms. The van der Waals surface area contributed by atoms with Crippen molar-refractivity contribution in [2.24, 2.45) is 0 Å². The molecule has 0 radical (unpaired) electrons. The molecule has 1 N–H and O–H groups in total. The van der Waals surface area contributed by atoms with Crippen molar-refractivity contribution in [2.75, 3.05) is 29.7 Å². The average molecular weight is 264 g/mol. The molecular weight excluding hydrogens is 248 g/mol. The van der Waals surface area contributed by atoms with Crippen molar-refractivity contribution in [3.8, 4) is 0 Å². The monoisotopic (exact) mass is 264 g/mol. The quantitative estimate of drug-likeness (QED) is 0.678. The highest BCUT2D eigenvalue weighted by molar-refractivity contribution is 7.99. The summed E-state index contributed by atoms with van der Waals surface area (Å²) < 4.78 is 22.8. The minimum Gasteiger partial charge on any atom is -0.337 e. The van der Waals surface area contributed by atoms with Gasteiger partial charge in [-0.1, -0.05) is 0 Å². The second-order valence-corrected chi connectivity index (χ2v) is 7.53. The van der Waals surface area contributed by atoms with Crippen LogP contribution in [0.2, 0.25) is 0 Å². The molecule has 0 aromatic heterocycles. The fraction of sp³-hybridized carbons (Fsp3) is 0.889. The van der Waals surface area contributed by atoms with Crippen LogP contribution in [0, 0.1) is 0 Å². The van der Waals surface area contributed by atoms with Crippen LogP contribution in [0.3, 0.4) is 0 Å². The van der Waals surface area contributed by atoms with Gasteiger partial charge in [0.05, 0.1) is 17.5 Å². The fourth-order valence-electron chi connectivity index (χ4n) is 2.08. The van der Waals surface area contributed by atoms with Gasteiger partial charge in [-0.05, 0) is 6.92 Å². The first-order valence-corrected chi connectivity index (χ1v) is 8.29. The van der Waals surface area contributed by atoms with E-state index < -0.39 is 9.84 Å². The summed E-state index contributed by atoms with van der Waals surface area (Å²) in [5.41, 5.74) is 0. The number of rotatable bonds is 1. The van der Waals surface area contributed by atoms with E-state index in [0.29, 0.717) is 6.54 Å². The number of hydrogen-bond donors (Lipinski definition) is 1. The molecule has 92 valence electrons. The smallest absolute Gasteiger partial charge is 0.240 e. The summed E-state index contributed by atoms with van der Waals surface area (Å²) >= 11 is 1.70. The van der Waals surface area contributed by atoms with Gasteiger partial charge in [-0.3, -0.25) is 10.1 Å². The Bertz CT molecular complexity index is 376. The number of hydrogen-bond acceptors (Lipinski definition) is 5. The van der Waals surface area contributed by atoms with Gasteiger partial charge in [-0.2, -0.15) is 0 Å². The fourth-order valence-corrected chi connectivity index (χ4v) is 4.57. The number of nitrogens with zero attached hydrogens (tertiary/aromatic N) is 1. The number of carbonyl (C=O) groups is 1. The normalized spacial score (nSPS) is 33.9. The Hall–Kier alpha value is -0.270. The van der Waals surface area contributed by atoms with Crippen molar-refractivity contribution in [2.45, 2.75) is 19.0 Å². The number of sulfone groups is 1. The van der Waals surface area contributed by atoms with E-state index in [1.54, 1.807) is 23.6 Å². The molecule has 2 aliphatic heterocycles. The van der Waals surface area contributed by atoms with E-state index in [2.05, 4.69) is 5.32 Å². The van der Waals surface area contributed by atoms with Gasteiger partial charge in [0.1, 0.15) is 0 Å². The zero-order valence-electron chi connectivity index (χ0n) is 9.18. The molecule has 7 heteroatoms. The van der Waals surface area contributed by atoms with Gasteiger partial charge >= 0.3 is 0 Å². The third-order valence-electron chi connectivity index (χ3n) is 2.97. The molecule has 2 heterocycles. The summed E-state index contributed by atoms with van der Waals surface area (Å²) in [7, 11) is -2.94. The Kier molecular flexibility index (Phi) is 3.46. The summed E-state index contributed by atoms with van der Waals surface area (Å²) in [5.74, 6) is 1.83. The van der Waals surface area contributed by atoms with Crippen LogP contribution in [0.5, 0.6) is 0 Å². The van der Waals surface area contributed by atoms with Crippen molar-refractivity contribution < 1.29 is 13.2 Å². The molecule has 0 aromatic carbocycles. The zero-order chi connectivity index (χ0) is 11.8.